The Bertz CT molecular complexity index is 707. The molecule has 1 amide bonds. The normalized spacial score (nSPS) is 20.5. The Kier molecular flexibility index (Phi) is 8.57. The van der Waals surface area contributed by atoms with Gasteiger partial charge in [0.25, 0.3) is 0 Å². The highest BCUT2D eigenvalue weighted by Gasteiger charge is 2.30. The van der Waals surface area contributed by atoms with Crippen molar-refractivity contribution in [3.05, 3.63) is 35.6 Å². The number of rotatable bonds is 3. The second-order valence-corrected chi connectivity index (χ2v) is 7.78. The molecule has 160 valence electrons. The van der Waals surface area contributed by atoms with Gasteiger partial charge in [-0.1, -0.05) is 25.1 Å². The van der Waals surface area contributed by atoms with Crippen molar-refractivity contribution >= 4 is 17.8 Å². The third-order valence-corrected chi connectivity index (χ3v) is 5.44. The van der Waals surface area contributed by atoms with Crippen molar-refractivity contribution in [3.63, 3.8) is 0 Å². The molecule has 2 fully saturated rings. The van der Waals surface area contributed by atoms with E-state index in [2.05, 4.69) is 16.7 Å². The van der Waals surface area contributed by atoms with Crippen LogP contribution in [-0.2, 0) is 20.9 Å². The van der Waals surface area contributed by atoms with E-state index in [0.29, 0.717) is 18.4 Å². The zero-order valence-electron chi connectivity index (χ0n) is 16.7. The first kappa shape index (κ1) is 22.8. The van der Waals surface area contributed by atoms with E-state index < -0.39 is 11.9 Å². The first-order chi connectivity index (χ1) is 13.8. The lowest BCUT2D eigenvalue weighted by molar-refractivity contribution is -0.159. The summed E-state index contributed by atoms with van der Waals surface area (Å²) in [6.45, 7) is 6.50. The summed E-state index contributed by atoms with van der Waals surface area (Å²) in [5, 5.41) is 14.8. The van der Waals surface area contributed by atoms with E-state index in [1.54, 1.807) is 6.07 Å². The van der Waals surface area contributed by atoms with Crippen LogP contribution in [0.15, 0.2) is 24.3 Å². The van der Waals surface area contributed by atoms with Gasteiger partial charge in [0.15, 0.2) is 0 Å². The molecule has 3 rings (SSSR count). The number of carbonyl (C=O) groups excluding carboxylic acids is 1. The van der Waals surface area contributed by atoms with Gasteiger partial charge in [-0.25, -0.2) is 14.0 Å². The van der Waals surface area contributed by atoms with Gasteiger partial charge in [0.05, 0.1) is 0 Å². The van der Waals surface area contributed by atoms with Crippen LogP contribution in [0, 0.1) is 17.7 Å². The number of carbonyl (C=O) groups is 3. The van der Waals surface area contributed by atoms with Crippen LogP contribution in [0.1, 0.15) is 38.2 Å². The number of carboxylic acids is 2. The van der Waals surface area contributed by atoms with E-state index in [0.717, 1.165) is 51.0 Å². The minimum Gasteiger partial charge on any atom is -0.473 e. The van der Waals surface area contributed by atoms with Gasteiger partial charge < -0.3 is 15.1 Å². The van der Waals surface area contributed by atoms with Crippen LogP contribution in [0.3, 0.4) is 0 Å². The van der Waals surface area contributed by atoms with Crippen LogP contribution in [-0.4, -0.2) is 64.0 Å². The van der Waals surface area contributed by atoms with Crippen molar-refractivity contribution in [2.75, 3.05) is 26.2 Å². The number of likely N-dealkylation sites (tertiary alicyclic amines) is 2. The fourth-order valence-corrected chi connectivity index (χ4v) is 3.85. The number of aliphatic carboxylic acids is 2. The van der Waals surface area contributed by atoms with Gasteiger partial charge in [-0.15, -0.1) is 0 Å². The van der Waals surface area contributed by atoms with Crippen molar-refractivity contribution in [1.29, 1.82) is 0 Å². The van der Waals surface area contributed by atoms with Crippen LogP contribution in [0.2, 0.25) is 0 Å². The molecule has 8 heteroatoms. The van der Waals surface area contributed by atoms with E-state index in [9.17, 15) is 9.18 Å². The molecule has 0 bridgehead atoms. The van der Waals surface area contributed by atoms with Gasteiger partial charge in [-0.2, -0.15) is 0 Å². The van der Waals surface area contributed by atoms with Crippen molar-refractivity contribution in [2.45, 2.75) is 39.2 Å². The third-order valence-electron chi connectivity index (χ3n) is 5.44. The Balaban J connectivity index is 0.000000438. The Morgan fingerprint density at radius 1 is 1.03 bits per heavy atom. The predicted molar refractivity (Wildman–Crippen MR) is 105 cm³/mol. The molecule has 0 spiro atoms. The fourth-order valence-electron chi connectivity index (χ4n) is 3.85. The summed E-state index contributed by atoms with van der Waals surface area (Å²) in [4.78, 5) is 35.2. The van der Waals surface area contributed by atoms with Gasteiger partial charge in [-0.3, -0.25) is 9.69 Å². The maximum absolute atomic E-state index is 13.7. The quantitative estimate of drug-likeness (QED) is 0.746. The predicted octanol–water partition coefficient (Wildman–Crippen LogP) is 2.45. The van der Waals surface area contributed by atoms with Gasteiger partial charge in [-0.05, 0) is 50.8 Å². The summed E-state index contributed by atoms with van der Waals surface area (Å²) in [6, 6.07) is 6.97. The molecule has 0 radical (unpaired) electrons. The number of carboxylic acid groups (broad SMARTS) is 2. The molecule has 1 aromatic carbocycles. The Hall–Kier alpha value is -2.48. The van der Waals surface area contributed by atoms with E-state index in [-0.39, 0.29) is 11.7 Å². The maximum Gasteiger partial charge on any atom is 0.414 e. The largest absolute Gasteiger partial charge is 0.473 e. The molecular weight excluding hydrogens is 379 g/mol. The fraction of sp³-hybridized carbons (Fsp3) is 0.571. The SMILES string of the molecule is CC1CCCN(C(=O)C2CCN(Cc3ccccc3F)CC2)C1.O=C(O)C(=O)O. The standard InChI is InChI=1S/C19H27FN2O.C2H2O4/c1-15-5-4-10-22(13-15)19(23)16-8-11-21(12-9-16)14-17-6-2-3-7-18(17)20;3-1(4)2(5)6/h2-3,6-7,15-16H,4-5,8-14H2,1H3;(H,3,4)(H,5,6). The highest BCUT2D eigenvalue weighted by Crippen LogP contribution is 2.24. The zero-order chi connectivity index (χ0) is 21.4. The maximum atomic E-state index is 13.7. The number of benzene rings is 1. The van der Waals surface area contributed by atoms with Crippen molar-refractivity contribution < 1.29 is 29.0 Å². The number of hydrogen-bond acceptors (Lipinski definition) is 4. The smallest absolute Gasteiger partial charge is 0.414 e. The molecule has 1 unspecified atom stereocenters. The highest BCUT2D eigenvalue weighted by atomic mass is 19.1. The van der Waals surface area contributed by atoms with Gasteiger partial charge in [0.2, 0.25) is 5.91 Å². The molecule has 1 atom stereocenters. The molecule has 1 aromatic rings. The Morgan fingerprint density at radius 2 is 1.66 bits per heavy atom. The number of nitrogens with zero attached hydrogens (tertiary/aromatic N) is 2. The summed E-state index contributed by atoms with van der Waals surface area (Å²) in [6.07, 6.45) is 4.18. The van der Waals surface area contributed by atoms with Crippen molar-refractivity contribution in [3.8, 4) is 0 Å². The first-order valence-electron chi connectivity index (χ1n) is 9.98. The zero-order valence-corrected chi connectivity index (χ0v) is 16.7. The first-order valence-corrected chi connectivity index (χ1v) is 9.98. The van der Waals surface area contributed by atoms with Crippen LogP contribution >= 0.6 is 0 Å². The van der Waals surface area contributed by atoms with Gasteiger partial charge in [0.1, 0.15) is 5.82 Å². The number of amides is 1. The highest BCUT2D eigenvalue weighted by molar-refractivity contribution is 6.27. The summed E-state index contributed by atoms with van der Waals surface area (Å²) in [5.74, 6) is -2.63. The molecule has 2 heterocycles. The van der Waals surface area contributed by atoms with Gasteiger partial charge >= 0.3 is 11.9 Å². The number of piperidine rings is 2. The van der Waals surface area contributed by atoms with Crippen LogP contribution in [0.4, 0.5) is 4.39 Å². The van der Waals surface area contributed by atoms with Crippen LogP contribution in [0.5, 0.6) is 0 Å². The molecule has 2 aliphatic rings. The van der Waals surface area contributed by atoms with Crippen LogP contribution < -0.4 is 0 Å². The molecule has 0 saturated carbocycles. The number of hydrogen-bond donors (Lipinski definition) is 2. The minimum atomic E-state index is -1.82. The minimum absolute atomic E-state index is 0.131. The summed E-state index contributed by atoms with van der Waals surface area (Å²) >= 11 is 0. The molecule has 2 aliphatic heterocycles. The van der Waals surface area contributed by atoms with E-state index in [4.69, 9.17) is 19.8 Å². The van der Waals surface area contributed by atoms with E-state index in [1.165, 1.54) is 12.5 Å². The summed E-state index contributed by atoms with van der Waals surface area (Å²) in [7, 11) is 0. The molecule has 7 nitrogen and oxygen atoms in total. The number of halogens is 1. The van der Waals surface area contributed by atoms with E-state index >= 15 is 0 Å². The van der Waals surface area contributed by atoms with Gasteiger partial charge in [0, 0.05) is 31.1 Å². The lowest BCUT2D eigenvalue weighted by Gasteiger charge is -2.37. The Morgan fingerprint density at radius 3 is 2.21 bits per heavy atom. The molecule has 2 N–H and O–H groups in total. The van der Waals surface area contributed by atoms with E-state index in [1.807, 2.05) is 12.1 Å². The monoisotopic (exact) mass is 408 g/mol. The molecule has 2 saturated heterocycles. The average Bonchev–Trinajstić information content (AvgIpc) is 2.70. The Labute approximate surface area is 170 Å². The third kappa shape index (κ3) is 7.12. The lowest BCUT2D eigenvalue weighted by atomic mass is 9.92. The molecular formula is C21H29FN2O5. The molecule has 0 aromatic heterocycles. The summed E-state index contributed by atoms with van der Waals surface area (Å²) in [5.41, 5.74) is 0.752. The average molecular weight is 408 g/mol. The van der Waals surface area contributed by atoms with Crippen LogP contribution in [0.25, 0.3) is 0 Å². The second kappa shape index (κ2) is 10.9. The molecule has 29 heavy (non-hydrogen) atoms. The molecule has 0 aliphatic carbocycles. The lowest BCUT2D eigenvalue weighted by Crippen LogP contribution is -2.45. The second-order valence-electron chi connectivity index (χ2n) is 7.78. The van der Waals surface area contributed by atoms with Crippen molar-refractivity contribution in [1.82, 2.24) is 9.80 Å². The topological polar surface area (TPSA) is 98.2 Å². The summed E-state index contributed by atoms with van der Waals surface area (Å²) < 4.78 is 13.7. The van der Waals surface area contributed by atoms with Crippen molar-refractivity contribution in [2.24, 2.45) is 11.8 Å².